The first-order chi connectivity index (χ1) is 16.5. The van der Waals surface area contributed by atoms with E-state index in [4.69, 9.17) is 10.5 Å². The fourth-order valence-electron chi connectivity index (χ4n) is 3.59. The van der Waals surface area contributed by atoms with E-state index < -0.39 is 0 Å². The average molecular weight is 484 g/mol. The van der Waals surface area contributed by atoms with E-state index in [2.05, 4.69) is 38.7 Å². The monoisotopic (exact) mass is 483 g/mol. The van der Waals surface area contributed by atoms with Crippen LogP contribution in [-0.2, 0) is 16.1 Å². The van der Waals surface area contributed by atoms with Gasteiger partial charge in [-0.05, 0) is 55.3 Å². The van der Waals surface area contributed by atoms with Gasteiger partial charge in [0.2, 0.25) is 5.91 Å². The Bertz CT molecular complexity index is 1050. The summed E-state index contributed by atoms with van der Waals surface area (Å²) in [5.74, 6) is 1.26. The molecule has 0 saturated carbocycles. The predicted molar refractivity (Wildman–Crippen MR) is 138 cm³/mol. The van der Waals surface area contributed by atoms with E-state index in [-0.39, 0.29) is 5.91 Å². The first kappa shape index (κ1) is 25.5. The van der Waals surface area contributed by atoms with Crippen molar-refractivity contribution in [2.24, 2.45) is 0 Å². The minimum Gasteiger partial charge on any atom is -0.384 e. The summed E-state index contributed by atoms with van der Waals surface area (Å²) in [5.41, 5.74) is 7.96. The van der Waals surface area contributed by atoms with E-state index in [9.17, 15) is 4.79 Å². The van der Waals surface area contributed by atoms with Crippen LogP contribution in [0.15, 0.2) is 43.1 Å². The van der Waals surface area contributed by atoms with E-state index in [1.54, 1.807) is 13.3 Å². The molecular weight excluding hydrogens is 450 g/mol. The first-order valence-corrected chi connectivity index (χ1v) is 12.2. The number of likely N-dealkylation sites (tertiary alicyclic amines) is 1. The standard InChI is InChI=1S/C17H22N6OS.C7H11NO/c1-3-23(7-8-24-2)11-12-9-14(18)21-15(10-12)22-17-20-13-5-4-6-19-16(13)25-17;1-2-7(9)8-5-3-4-6-8/h4-6,9-10H,3,7-8,11H2,1-2H3,(H3,18,20,21,22);2H,1,3-6H2. The lowest BCUT2D eigenvalue weighted by atomic mass is 10.2. The fraction of sp³-hybridized carbons (Fsp3) is 0.417. The number of ether oxygens (including phenoxy) is 1. The molecule has 0 aliphatic carbocycles. The average Bonchev–Trinajstić information content (AvgIpc) is 3.51. The molecule has 1 fully saturated rings. The molecule has 3 N–H and O–H groups in total. The number of fused-ring (bicyclic) bond motifs is 1. The summed E-state index contributed by atoms with van der Waals surface area (Å²) in [5, 5.41) is 4.00. The molecule has 0 aromatic carbocycles. The number of hydrogen-bond acceptors (Lipinski definition) is 9. The summed E-state index contributed by atoms with van der Waals surface area (Å²) in [6.45, 7) is 10.7. The predicted octanol–water partition coefficient (Wildman–Crippen LogP) is 3.68. The van der Waals surface area contributed by atoms with Crippen LogP contribution in [0.1, 0.15) is 25.3 Å². The minimum absolute atomic E-state index is 0.0764. The lowest BCUT2D eigenvalue weighted by molar-refractivity contribution is -0.124. The molecule has 0 unspecified atom stereocenters. The molecule has 0 bridgehead atoms. The Kier molecular flexibility index (Phi) is 9.75. The summed E-state index contributed by atoms with van der Waals surface area (Å²) in [4.78, 5) is 29.0. The van der Waals surface area contributed by atoms with Crippen molar-refractivity contribution in [3.8, 4) is 0 Å². The second-order valence-corrected chi connectivity index (χ2v) is 8.83. The van der Waals surface area contributed by atoms with Crippen LogP contribution in [0, 0.1) is 0 Å². The third-order valence-electron chi connectivity index (χ3n) is 5.36. The molecule has 10 heteroatoms. The third-order valence-corrected chi connectivity index (χ3v) is 6.26. The zero-order valence-electron chi connectivity index (χ0n) is 19.9. The van der Waals surface area contributed by atoms with Gasteiger partial charge in [0.1, 0.15) is 22.0 Å². The lowest BCUT2D eigenvalue weighted by Crippen LogP contribution is -2.26. The Hall–Kier alpha value is -3.08. The molecule has 1 saturated heterocycles. The van der Waals surface area contributed by atoms with Crippen molar-refractivity contribution in [2.75, 3.05) is 50.9 Å². The maximum atomic E-state index is 10.8. The van der Waals surface area contributed by atoms with E-state index in [0.717, 1.165) is 66.6 Å². The zero-order chi connectivity index (χ0) is 24.3. The topological polar surface area (TPSA) is 110 Å². The Labute approximate surface area is 204 Å². The summed E-state index contributed by atoms with van der Waals surface area (Å²) in [6, 6.07) is 7.73. The molecule has 4 heterocycles. The minimum atomic E-state index is 0.0764. The van der Waals surface area contributed by atoms with Gasteiger partial charge >= 0.3 is 0 Å². The molecule has 1 aliphatic rings. The highest BCUT2D eigenvalue weighted by atomic mass is 32.1. The normalized spacial score (nSPS) is 13.1. The van der Waals surface area contributed by atoms with Crippen LogP contribution >= 0.6 is 11.3 Å². The number of nitrogens with one attached hydrogen (secondary N) is 1. The van der Waals surface area contributed by atoms with Crippen LogP contribution in [0.5, 0.6) is 0 Å². The van der Waals surface area contributed by atoms with Gasteiger partial charge < -0.3 is 20.7 Å². The number of hydrogen-bond donors (Lipinski definition) is 2. The molecular formula is C24H33N7O2S. The number of aromatic nitrogens is 3. The molecule has 182 valence electrons. The van der Waals surface area contributed by atoms with Gasteiger partial charge in [-0.25, -0.2) is 15.0 Å². The highest BCUT2D eigenvalue weighted by Gasteiger charge is 2.14. The second kappa shape index (κ2) is 13.0. The molecule has 0 radical (unpaired) electrons. The summed E-state index contributed by atoms with van der Waals surface area (Å²) >= 11 is 1.49. The summed E-state index contributed by atoms with van der Waals surface area (Å²) < 4.78 is 5.16. The second-order valence-electron chi connectivity index (χ2n) is 7.86. The van der Waals surface area contributed by atoms with Gasteiger partial charge in [0.05, 0.1) is 6.61 Å². The van der Waals surface area contributed by atoms with Crippen molar-refractivity contribution in [2.45, 2.75) is 26.3 Å². The maximum absolute atomic E-state index is 10.8. The maximum Gasteiger partial charge on any atom is 0.245 e. The quantitative estimate of drug-likeness (QED) is 0.444. The molecule has 1 amide bonds. The van der Waals surface area contributed by atoms with Crippen LogP contribution < -0.4 is 11.1 Å². The molecule has 3 aromatic rings. The first-order valence-electron chi connectivity index (χ1n) is 11.4. The summed E-state index contributed by atoms with van der Waals surface area (Å²) in [7, 11) is 1.72. The van der Waals surface area contributed by atoms with Crippen molar-refractivity contribution in [1.29, 1.82) is 0 Å². The Morgan fingerprint density at radius 3 is 2.82 bits per heavy atom. The molecule has 1 aliphatic heterocycles. The number of nitrogens with two attached hydrogens (primary N) is 1. The Morgan fingerprint density at radius 1 is 1.35 bits per heavy atom. The number of nitrogen functional groups attached to an aromatic ring is 1. The fourth-order valence-corrected chi connectivity index (χ4v) is 4.41. The number of thiazole rings is 1. The van der Waals surface area contributed by atoms with E-state index >= 15 is 0 Å². The smallest absolute Gasteiger partial charge is 0.245 e. The van der Waals surface area contributed by atoms with Crippen molar-refractivity contribution in [3.05, 3.63) is 48.7 Å². The number of methoxy groups -OCH3 is 1. The molecule has 0 atom stereocenters. The number of pyridine rings is 2. The summed E-state index contributed by atoms with van der Waals surface area (Å²) in [6.07, 6.45) is 5.45. The molecule has 4 rings (SSSR count). The van der Waals surface area contributed by atoms with Crippen LogP contribution in [0.4, 0.5) is 16.8 Å². The molecule has 3 aromatic heterocycles. The van der Waals surface area contributed by atoms with Gasteiger partial charge in [-0.3, -0.25) is 9.69 Å². The van der Waals surface area contributed by atoms with Crippen LogP contribution in [-0.4, -0.2) is 70.6 Å². The van der Waals surface area contributed by atoms with Gasteiger partial charge in [0.25, 0.3) is 0 Å². The van der Waals surface area contributed by atoms with E-state index in [1.807, 2.05) is 29.2 Å². The van der Waals surface area contributed by atoms with Crippen molar-refractivity contribution >= 4 is 44.4 Å². The van der Waals surface area contributed by atoms with Crippen molar-refractivity contribution in [3.63, 3.8) is 0 Å². The van der Waals surface area contributed by atoms with Crippen LogP contribution in [0.2, 0.25) is 0 Å². The SMILES string of the molecule is C=CC(=O)N1CCCC1.CCN(CCOC)Cc1cc(N)nc(Nc2nc3cccnc3s2)c1. The largest absolute Gasteiger partial charge is 0.384 e. The molecule has 34 heavy (non-hydrogen) atoms. The highest BCUT2D eigenvalue weighted by molar-refractivity contribution is 7.21. The van der Waals surface area contributed by atoms with E-state index in [0.29, 0.717) is 18.2 Å². The Balaban J connectivity index is 0.000000302. The van der Waals surface area contributed by atoms with Gasteiger partial charge in [-0.2, -0.15) is 0 Å². The van der Waals surface area contributed by atoms with Gasteiger partial charge in [-0.1, -0.05) is 24.8 Å². The number of likely N-dealkylation sites (N-methyl/N-ethyl adjacent to an activating group) is 1. The molecule has 9 nitrogen and oxygen atoms in total. The number of anilines is 3. The lowest BCUT2D eigenvalue weighted by Gasteiger charge is -2.20. The number of carbonyl (C=O) groups excluding carboxylic acids is 1. The van der Waals surface area contributed by atoms with Crippen molar-refractivity contribution < 1.29 is 9.53 Å². The number of rotatable bonds is 9. The van der Waals surface area contributed by atoms with Crippen LogP contribution in [0.3, 0.4) is 0 Å². The zero-order valence-corrected chi connectivity index (χ0v) is 20.7. The number of carbonyl (C=O) groups is 1. The molecule has 0 spiro atoms. The highest BCUT2D eigenvalue weighted by Crippen LogP contribution is 2.26. The van der Waals surface area contributed by atoms with Gasteiger partial charge in [0, 0.05) is 39.5 Å². The third kappa shape index (κ3) is 7.47. The van der Waals surface area contributed by atoms with Gasteiger partial charge in [-0.15, -0.1) is 0 Å². The van der Waals surface area contributed by atoms with Crippen molar-refractivity contribution in [1.82, 2.24) is 24.8 Å². The van der Waals surface area contributed by atoms with Gasteiger partial charge in [0.15, 0.2) is 5.13 Å². The number of nitrogens with zero attached hydrogens (tertiary/aromatic N) is 5. The van der Waals surface area contributed by atoms with E-state index in [1.165, 1.54) is 17.4 Å². The number of amides is 1. The Morgan fingerprint density at radius 2 is 2.15 bits per heavy atom. The van der Waals surface area contributed by atoms with Crippen LogP contribution in [0.25, 0.3) is 10.3 Å².